The molecule has 0 aromatic rings. The molecule has 1 heterocycles. The highest BCUT2D eigenvalue weighted by Crippen LogP contribution is 2.18. The van der Waals surface area contributed by atoms with Crippen molar-refractivity contribution in [2.45, 2.75) is 66.0 Å². The summed E-state index contributed by atoms with van der Waals surface area (Å²) in [4.78, 5) is 21.2. The van der Waals surface area contributed by atoms with Gasteiger partial charge in [-0.1, -0.05) is 0 Å². The van der Waals surface area contributed by atoms with Crippen LogP contribution in [0.4, 0.5) is 0 Å². The number of nitrogens with zero attached hydrogens (tertiary/aromatic N) is 3. The van der Waals surface area contributed by atoms with Crippen LogP contribution in [0.25, 0.3) is 0 Å². The van der Waals surface area contributed by atoms with Crippen molar-refractivity contribution in [2.24, 2.45) is 10.9 Å². The van der Waals surface area contributed by atoms with Gasteiger partial charge in [0.1, 0.15) is 0 Å². The minimum absolute atomic E-state index is 0.0368. The van der Waals surface area contributed by atoms with Gasteiger partial charge in [0.25, 0.3) is 0 Å². The average molecular weight is 355 g/mol. The fraction of sp³-hybridized carbons (Fsp3) is 0.895. The molecule has 0 atom stereocenters. The molecule has 0 amide bonds. The first-order valence-electron chi connectivity index (χ1n) is 9.77. The lowest BCUT2D eigenvalue weighted by Gasteiger charge is -2.33. The van der Waals surface area contributed by atoms with Gasteiger partial charge < -0.3 is 15.0 Å². The van der Waals surface area contributed by atoms with E-state index in [0.29, 0.717) is 12.1 Å². The van der Waals surface area contributed by atoms with Crippen LogP contribution in [-0.4, -0.2) is 73.6 Å². The smallest absolute Gasteiger partial charge is 0.308 e. The number of hydrogen-bond donors (Lipinski definition) is 1. The Bertz CT molecular complexity index is 408. The molecule has 6 nitrogen and oxygen atoms in total. The van der Waals surface area contributed by atoms with Crippen molar-refractivity contribution in [3.63, 3.8) is 0 Å². The van der Waals surface area contributed by atoms with Gasteiger partial charge in [0.2, 0.25) is 0 Å². The Balaban J connectivity index is 2.50. The lowest BCUT2D eigenvalue weighted by atomic mass is 9.97. The zero-order valence-corrected chi connectivity index (χ0v) is 17.0. The number of likely N-dealkylation sites (tertiary alicyclic amines) is 1. The molecule has 0 aromatic carbocycles. The Hall–Kier alpha value is -1.30. The molecule has 1 rings (SSSR count). The van der Waals surface area contributed by atoms with E-state index in [2.05, 4.69) is 49.7 Å². The van der Waals surface area contributed by atoms with Crippen LogP contribution in [0.2, 0.25) is 0 Å². The highest BCUT2D eigenvalue weighted by atomic mass is 16.5. The molecule has 1 aliphatic rings. The molecular formula is C19H38N4O2. The first-order chi connectivity index (χ1) is 11.9. The zero-order chi connectivity index (χ0) is 18.8. The van der Waals surface area contributed by atoms with Crippen LogP contribution in [0.3, 0.4) is 0 Å². The van der Waals surface area contributed by atoms with Gasteiger partial charge in [-0.3, -0.25) is 14.7 Å². The third-order valence-corrected chi connectivity index (χ3v) is 4.83. The normalized spacial score (nSPS) is 16.8. The van der Waals surface area contributed by atoms with Crippen molar-refractivity contribution in [3.8, 4) is 0 Å². The molecule has 0 radical (unpaired) electrons. The van der Waals surface area contributed by atoms with E-state index in [1.165, 1.54) is 7.11 Å². The van der Waals surface area contributed by atoms with E-state index < -0.39 is 0 Å². The summed E-state index contributed by atoms with van der Waals surface area (Å²) in [5.41, 5.74) is 0. The minimum Gasteiger partial charge on any atom is -0.469 e. The lowest BCUT2D eigenvalue weighted by molar-refractivity contribution is -0.146. The van der Waals surface area contributed by atoms with Crippen LogP contribution in [0, 0.1) is 5.92 Å². The maximum Gasteiger partial charge on any atom is 0.308 e. The predicted molar refractivity (Wildman–Crippen MR) is 104 cm³/mol. The Morgan fingerprint density at radius 3 is 2.32 bits per heavy atom. The summed E-state index contributed by atoms with van der Waals surface area (Å²) in [5.74, 6) is 0.935. The topological polar surface area (TPSA) is 57.2 Å². The SMILES string of the molecule is CCNC(=NCCCN(C(C)C)C(C)C)N1CCC(C(=O)OC)CC1. The van der Waals surface area contributed by atoms with Crippen molar-refractivity contribution in [2.75, 3.05) is 39.8 Å². The first-order valence-corrected chi connectivity index (χ1v) is 9.77. The number of ether oxygens (including phenoxy) is 1. The third kappa shape index (κ3) is 7.22. The van der Waals surface area contributed by atoms with E-state index in [1.54, 1.807) is 0 Å². The predicted octanol–water partition coefficient (Wildman–Crippen LogP) is 2.35. The summed E-state index contributed by atoms with van der Waals surface area (Å²) >= 11 is 0. The average Bonchev–Trinajstić information content (AvgIpc) is 2.59. The number of aliphatic imine (C=N–C) groups is 1. The van der Waals surface area contributed by atoms with Crippen LogP contribution < -0.4 is 5.32 Å². The van der Waals surface area contributed by atoms with Crippen molar-refractivity contribution < 1.29 is 9.53 Å². The lowest BCUT2D eigenvalue weighted by Crippen LogP contribution is -2.46. The van der Waals surface area contributed by atoms with Gasteiger partial charge in [0.15, 0.2) is 5.96 Å². The Labute approximate surface area is 154 Å². The summed E-state index contributed by atoms with van der Waals surface area (Å²) in [6.07, 6.45) is 2.74. The van der Waals surface area contributed by atoms with Gasteiger partial charge in [-0.15, -0.1) is 0 Å². The molecule has 0 unspecified atom stereocenters. The number of methoxy groups -OCH3 is 1. The molecule has 0 aromatic heterocycles. The number of carbonyl (C=O) groups excluding carboxylic acids is 1. The number of guanidine groups is 1. The first kappa shape index (κ1) is 21.7. The van der Waals surface area contributed by atoms with E-state index in [1.807, 2.05) is 0 Å². The van der Waals surface area contributed by atoms with Crippen molar-refractivity contribution in [1.82, 2.24) is 15.1 Å². The molecule has 25 heavy (non-hydrogen) atoms. The summed E-state index contributed by atoms with van der Waals surface area (Å²) in [6.45, 7) is 15.6. The van der Waals surface area contributed by atoms with Crippen LogP contribution in [0.1, 0.15) is 53.9 Å². The quantitative estimate of drug-likeness (QED) is 0.314. The molecule has 1 aliphatic heterocycles. The second-order valence-corrected chi connectivity index (χ2v) is 7.30. The number of esters is 1. The largest absolute Gasteiger partial charge is 0.469 e. The molecule has 0 spiro atoms. The summed E-state index contributed by atoms with van der Waals surface area (Å²) in [6, 6.07) is 1.13. The maximum atomic E-state index is 11.7. The van der Waals surface area contributed by atoms with Gasteiger partial charge in [0.05, 0.1) is 13.0 Å². The van der Waals surface area contributed by atoms with E-state index in [-0.39, 0.29) is 11.9 Å². The van der Waals surface area contributed by atoms with E-state index in [4.69, 9.17) is 9.73 Å². The molecule has 0 saturated carbocycles. The van der Waals surface area contributed by atoms with Gasteiger partial charge in [-0.2, -0.15) is 0 Å². The number of nitrogens with one attached hydrogen (secondary N) is 1. The molecular weight excluding hydrogens is 316 g/mol. The molecule has 6 heteroatoms. The highest BCUT2D eigenvalue weighted by Gasteiger charge is 2.26. The molecule has 1 saturated heterocycles. The third-order valence-electron chi connectivity index (χ3n) is 4.83. The maximum absolute atomic E-state index is 11.7. The van der Waals surface area contributed by atoms with Crippen molar-refractivity contribution >= 4 is 11.9 Å². The highest BCUT2D eigenvalue weighted by molar-refractivity contribution is 5.80. The number of piperidine rings is 1. The number of carbonyl (C=O) groups is 1. The fourth-order valence-corrected chi connectivity index (χ4v) is 3.47. The molecule has 1 N–H and O–H groups in total. The molecule has 146 valence electrons. The monoisotopic (exact) mass is 354 g/mol. The molecule has 1 fully saturated rings. The molecule has 0 aliphatic carbocycles. The standard InChI is InChI=1S/C19H38N4O2/c1-7-20-19(21-11-8-12-23(15(2)3)16(4)5)22-13-9-17(10-14-22)18(24)25-6/h15-17H,7-14H2,1-6H3,(H,20,21). The Kier molecular flexibility index (Phi) is 9.86. The van der Waals surface area contributed by atoms with Crippen LogP contribution in [0.15, 0.2) is 4.99 Å². The fourth-order valence-electron chi connectivity index (χ4n) is 3.47. The number of rotatable bonds is 8. The Morgan fingerprint density at radius 2 is 1.84 bits per heavy atom. The van der Waals surface area contributed by atoms with Gasteiger partial charge in [-0.25, -0.2) is 0 Å². The summed E-state index contributed by atoms with van der Waals surface area (Å²) < 4.78 is 4.87. The van der Waals surface area contributed by atoms with Crippen molar-refractivity contribution in [3.05, 3.63) is 0 Å². The minimum atomic E-state index is -0.0796. The second-order valence-electron chi connectivity index (χ2n) is 7.30. The molecule has 0 bridgehead atoms. The second kappa shape index (κ2) is 11.3. The summed E-state index contributed by atoms with van der Waals surface area (Å²) in [7, 11) is 1.47. The zero-order valence-electron chi connectivity index (χ0n) is 17.0. The van der Waals surface area contributed by atoms with Crippen LogP contribution in [0.5, 0.6) is 0 Å². The van der Waals surface area contributed by atoms with Gasteiger partial charge >= 0.3 is 5.97 Å². The Morgan fingerprint density at radius 1 is 1.24 bits per heavy atom. The number of hydrogen-bond acceptors (Lipinski definition) is 4. The van der Waals surface area contributed by atoms with Gasteiger partial charge in [-0.05, 0) is 53.9 Å². The summed E-state index contributed by atoms with van der Waals surface area (Å²) in [5, 5.41) is 3.39. The van der Waals surface area contributed by atoms with Crippen LogP contribution >= 0.6 is 0 Å². The van der Waals surface area contributed by atoms with Crippen LogP contribution in [-0.2, 0) is 9.53 Å². The van der Waals surface area contributed by atoms with E-state index in [9.17, 15) is 4.79 Å². The van der Waals surface area contributed by atoms with Crippen molar-refractivity contribution in [1.29, 1.82) is 0 Å². The van der Waals surface area contributed by atoms with Gasteiger partial charge in [0, 0.05) is 44.8 Å². The van der Waals surface area contributed by atoms with E-state index in [0.717, 1.165) is 57.9 Å². The van der Waals surface area contributed by atoms with E-state index >= 15 is 0 Å².